The highest BCUT2D eigenvalue weighted by Crippen LogP contribution is 2.38. The van der Waals surface area contributed by atoms with Crippen molar-refractivity contribution < 1.29 is 0 Å². The highest BCUT2D eigenvalue weighted by Gasteiger charge is 2.41. The predicted molar refractivity (Wildman–Crippen MR) is 109 cm³/mol. The van der Waals surface area contributed by atoms with Gasteiger partial charge in [0.1, 0.15) is 0 Å². The second-order valence-electron chi connectivity index (χ2n) is 7.14. The standard InChI is InChI=1S/C17H28N4.3ClH/c1-17(2,18)12-6-4-11(5-7-12)13-8-9-15-14(10-20-21-15)16(13)19-3;;;/h4-7,13-16,19-21H,8-10,18H2,1-3H3;3*1H. The van der Waals surface area contributed by atoms with E-state index in [1.165, 1.54) is 24.0 Å². The van der Waals surface area contributed by atoms with Gasteiger partial charge in [0.2, 0.25) is 0 Å². The summed E-state index contributed by atoms with van der Waals surface area (Å²) in [6.07, 6.45) is 2.47. The zero-order valence-corrected chi connectivity index (χ0v) is 17.0. The third-order valence-corrected chi connectivity index (χ3v) is 5.24. The Kier molecular flexibility index (Phi) is 9.55. The topological polar surface area (TPSA) is 62.1 Å². The number of likely N-dealkylation sites (N-methyl/N-ethyl adjacent to an activating group) is 1. The summed E-state index contributed by atoms with van der Waals surface area (Å²) in [5.74, 6) is 1.26. The van der Waals surface area contributed by atoms with Gasteiger partial charge in [-0.15, -0.1) is 37.2 Å². The van der Waals surface area contributed by atoms with Crippen LogP contribution < -0.4 is 21.9 Å². The second-order valence-corrected chi connectivity index (χ2v) is 7.14. The van der Waals surface area contributed by atoms with E-state index in [-0.39, 0.29) is 42.8 Å². The average molecular weight is 398 g/mol. The summed E-state index contributed by atoms with van der Waals surface area (Å²) in [4.78, 5) is 0. The van der Waals surface area contributed by atoms with Crippen LogP contribution >= 0.6 is 37.2 Å². The minimum Gasteiger partial charge on any atom is -0.322 e. The maximum Gasteiger partial charge on any atom is 0.0352 e. The summed E-state index contributed by atoms with van der Waals surface area (Å²) >= 11 is 0. The van der Waals surface area contributed by atoms with Crippen molar-refractivity contribution in [1.82, 2.24) is 16.2 Å². The molecular formula is C17H31Cl3N4. The smallest absolute Gasteiger partial charge is 0.0352 e. The van der Waals surface area contributed by atoms with Crippen LogP contribution in [0.5, 0.6) is 0 Å². The lowest BCUT2D eigenvalue weighted by molar-refractivity contribution is 0.231. The molecular weight excluding hydrogens is 367 g/mol. The normalized spacial score (nSPS) is 28.8. The van der Waals surface area contributed by atoms with Crippen LogP contribution in [0, 0.1) is 5.92 Å². The fourth-order valence-corrected chi connectivity index (χ4v) is 4.01. The summed E-state index contributed by atoms with van der Waals surface area (Å²) in [6.45, 7) is 5.17. The molecule has 1 aliphatic carbocycles. The summed E-state index contributed by atoms with van der Waals surface area (Å²) in [5.41, 5.74) is 15.3. The Bertz CT molecular complexity index is 490. The highest BCUT2D eigenvalue weighted by atomic mass is 35.5. The van der Waals surface area contributed by atoms with Gasteiger partial charge in [0, 0.05) is 30.1 Å². The van der Waals surface area contributed by atoms with Crippen LogP contribution in [-0.2, 0) is 5.54 Å². The molecule has 0 spiro atoms. The summed E-state index contributed by atoms with van der Waals surface area (Å²) in [5, 5.41) is 3.56. The fourth-order valence-electron chi connectivity index (χ4n) is 4.01. The van der Waals surface area contributed by atoms with Crippen molar-refractivity contribution in [3.05, 3.63) is 35.4 Å². The molecule has 1 heterocycles. The first kappa shape index (κ1) is 23.9. The Labute approximate surface area is 164 Å². The Morgan fingerprint density at radius 1 is 1.08 bits per heavy atom. The molecule has 1 saturated heterocycles. The van der Waals surface area contributed by atoms with Crippen LogP contribution in [-0.4, -0.2) is 25.7 Å². The van der Waals surface area contributed by atoms with E-state index in [0.29, 0.717) is 23.9 Å². The number of benzene rings is 1. The third-order valence-electron chi connectivity index (χ3n) is 5.24. The molecule has 3 rings (SSSR count). The van der Waals surface area contributed by atoms with Crippen LogP contribution in [0.4, 0.5) is 0 Å². The summed E-state index contributed by atoms with van der Waals surface area (Å²) < 4.78 is 0. The number of hydrazine groups is 1. The summed E-state index contributed by atoms with van der Waals surface area (Å²) in [7, 11) is 2.09. The van der Waals surface area contributed by atoms with E-state index in [0.717, 1.165) is 6.54 Å². The van der Waals surface area contributed by atoms with E-state index in [9.17, 15) is 0 Å². The van der Waals surface area contributed by atoms with Gasteiger partial charge in [-0.2, -0.15) is 0 Å². The Hall–Kier alpha value is -0.0700. The minimum atomic E-state index is -0.266. The maximum atomic E-state index is 6.18. The van der Waals surface area contributed by atoms with Gasteiger partial charge in [-0.05, 0) is 50.8 Å². The first-order chi connectivity index (χ1) is 10.0. The van der Waals surface area contributed by atoms with Crippen molar-refractivity contribution in [2.75, 3.05) is 13.6 Å². The van der Waals surface area contributed by atoms with Crippen molar-refractivity contribution >= 4 is 37.2 Å². The first-order valence-corrected chi connectivity index (χ1v) is 8.05. The molecule has 2 aliphatic rings. The fraction of sp³-hybridized carbons (Fsp3) is 0.647. The van der Waals surface area contributed by atoms with E-state index in [4.69, 9.17) is 5.73 Å². The number of nitrogens with one attached hydrogen (secondary N) is 3. The number of fused-ring (bicyclic) bond motifs is 1. The van der Waals surface area contributed by atoms with Crippen LogP contribution in [0.15, 0.2) is 24.3 Å². The molecule has 140 valence electrons. The quantitative estimate of drug-likeness (QED) is 0.633. The molecule has 7 heteroatoms. The van der Waals surface area contributed by atoms with E-state index >= 15 is 0 Å². The molecule has 4 nitrogen and oxygen atoms in total. The Morgan fingerprint density at radius 3 is 2.25 bits per heavy atom. The molecule has 0 radical (unpaired) electrons. The molecule has 0 amide bonds. The zero-order chi connectivity index (χ0) is 15.0. The molecule has 1 saturated carbocycles. The number of halogens is 3. The van der Waals surface area contributed by atoms with E-state index < -0.39 is 0 Å². The lowest BCUT2D eigenvalue weighted by Crippen LogP contribution is -2.49. The van der Waals surface area contributed by atoms with E-state index in [1.54, 1.807) is 0 Å². The van der Waals surface area contributed by atoms with E-state index in [2.05, 4.69) is 61.3 Å². The highest BCUT2D eigenvalue weighted by molar-refractivity contribution is 5.86. The van der Waals surface area contributed by atoms with Gasteiger partial charge in [-0.1, -0.05) is 24.3 Å². The lowest BCUT2D eigenvalue weighted by atomic mass is 9.72. The van der Waals surface area contributed by atoms with Crippen LogP contribution in [0.1, 0.15) is 43.7 Å². The monoisotopic (exact) mass is 396 g/mol. The molecule has 2 fully saturated rings. The SMILES string of the molecule is CNC1C(c2ccc(C(C)(C)N)cc2)CCC2NNCC21.Cl.Cl.Cl. The zero-order valence-electron chi connectivity index (χ0n) is 14.5. The van der Waals surface area contributed by atoms with Gasteiger partial charge in [-0.3, -0.25) is 10.9 Å². The van der Waals surface area contributed by atoms with Crippen molar-refractivity contribution in [3.63, 3.8) is 0 Å². The Morgan fingerprint density at radius 2 is 1.71 bits per heavy atom. The van der Waals surface area contributed by atoms with Crippen molar-refractivity contribution in [3.8, 4) is 0 Å². The second kappa shape index (κ2) is 9.58. The van der Waals surface area contributed by atoms with E-state index in [1.807, 2.05) is 0 Å². The van der Waals surface area contributed by atoms with Gasteiger partial charge in [-0.25, -0.2) is 0 Å². The molecule has 4 atom stereocenters. The number of nitrogens with two attached hydrogens (primary N) is 1. The largest absolute Gasteiger partial charge is 0.322 e. The van der Waals surface area contributed by atoms with Gasteiger partial charge >= 0.3 is 0 Å². The molecule has 1 aromatic carbocycles. The van der Waals surface area contributed by atoms with Crippen LogP contribution in [0.3, 0.4) is 0 Å². The molecule has 24 heavy (non-hydrogen) atoms. The van der Waals surface area contributed by atoms with Crippen molar-refractivity contribution in [2.45, 2.75) is 50.2 Å². The molecule has 4 unspecified atom stereocenters. The van der Waals surface area contributed by atoms with Gasteiger partial charge < -0.3 is 11.1 Å². The Balaban J connectivity index is 0.00000176. The lowest BCUT2D eigenvalue weighted by Gasteiger charge is -2.39. The number of rotatable bonds is 3. The first-order valence-electron chi connectivity index (χ1n) is 8.05. The summed E-state index contributed by atoms with van der Waals surface area (Å²) in [6, 6.07) is 10.1. The number of hydrogen-bond donors (Lipinski definition) is 4. The average Bonchev–Trinajstić information content (AvgIpc) is 2.94. The van der Waals surface area contributed by atoms with Crippen LogP contribution in [0.2, 0.25) is 0 Å². The molecule has 0 bridgehead atoms. The van der Waals surface area contributed by atoms with Gasteiger partial charge in [0.25, 0.3) is 0 Å². The molecule has 5 N–H and O–H groups in total. The molecule has 0 aromatic heterocycles. The van der Waals surface area contributed by atoms with Gasteiger partial charge in [0.15, 0.2) is 0 Å². The van der Waals surface area contributed by atoms with Crippen molar-refractivity contribution in [2.24, 2.45) is 11.7 Å². The minimum absolute atomic E-state index is 0. The predicted octanol–water partition coefficient (Wildman–Crippen LogP) is 2.70. The third kappa shape index (κ3) is 4.76. The van der Waals surface area contributed by atoms with Crippen molar-refractivity contribution in [1.29, 1.82) is 0 Å². The van der Waals surface area contributed by atoms with Gasteiger partial charge in [0.05, 0.1) is 0 Å². The molecule has 1 aromatic rings. The maximum absolute atomic E-state index is 6.18. The molecule has 1 aliphatic heterocycles. The van der Waals surface area contributed by atoms with Crippen LogP contribution in [0.25, 0.3) is 0 Å². The number of hydrogen-bond acceptors (Lipinski definition) is 4.